The van der Waals surface area contributed by atoms with E-state index < -0.39 is 20.2 Å². The topological polar surface area (TPSA) is 88.6 Å². The zero-order valence-corrected chi connectivity index (χ0v) is 14.9. The molecular weight excluding hydrogens is 401 g/mol. The van der Waals surface area contributed by atoms with Crippen molar-refractivity contribution in [3.8, 4) is 22.2 Å². The summed E-state index contributed by atoms with van der Waals surface area (Å²) >= 11 is 1.34. The Morgan fingerprint density at radius 2 is 1.85 bits per heavy atom. The van der Waals surface area contributed by atoms with Gasteiger partial charge in [0.05, 0.1) is 21.6 Å². The van der Waals surface area contributed by atoms with Crippen LogP contribution in [0.15, 0.2) is 52.9 Å². The quantitative estimate of drug-likeness (QED) is 0.551. The largest absolute Gasteiger partial charge is 0.501 e. The lowest BCUT2D eigenvalue weighted by Crippen LogP contribution is -2.23. The number of thiazole rings is 1. The molecule has 11 heteroatoms. The molecule has 3 aromatic heterocycles. The van der Waals surface area contributed by atoms with Crippen LogP contribution in [0.25, 0.3) is 33.3 Å². The van der Waals surface area contributed by atoms with E-state index in [2.05, 4.69) is 19.9 Å². The van der Waals surface area contributed by atoms with Crippen molar-refractivity contribution in [2.45, 2.75) is 10.4 Å². The number of H-pyrrole nitrogens is 1. The Kier molecular flexibility index (Phi) is 4.00. The summed E-state index contributed by atoms with van der Waals surface area (Å²) in [5.74, 6) is 0.324. The van der Waals surface area contributed by atoms with E-state index in [1.54, 1.807) is 23.7 Å². The van der Waals surface area contributed by atoms with Gasteiger partial charge < -0.3 is 4.98 Å². The van der Waals surface area contributed by atoms with Crippen LogP contribution in [0.2, 0.25) is 0 Å². The van der Waals surface area contributed by atoms with Crippen LogP contribution in [0.4, 0.5) is 13.2 Å². The number of aromatic amines is 1. The van der Waals surface area contributed by atoms with Crippen LogP contribution in [-0.4, -0.2) is 33.9 Å². The Morgan fingerprint density at radius 3 is 2.56 bits per heavy atom. The first-order valence-electron chi connectivity index (χ1n) is 7.44. The van der Waals surface area contributed by atoms with E-state index in [0.29, 0.717) is 27.7 Å². The maximum atomic E-state index is 12.7. The van der Waals surface area contributed by atoms with E-state index in [1.807, 2.05) is 6.07 Å². The highest BCUT2D eigenvalue weighted by Gasteiger charge is 2.46. The van der Waals surface area contributed by atoms with Gasteiger partial charge in [-0.25, -0.2) is 18.4 Å². The zero-order chi connectivity index (χ0) is 19.2. The van der Waals surface area contributed by atoms with Crippen molar-refractivity contribution in [1.29, 1.82) is 0 Å². The van der Waals surface area contributed by atoms with E-state index in [-0.39, 0.29) is 5.52 Å². The number of benzene rings is 1. The van der Waals surface area contributed by atoms with Gasteiger partial charge in [0.1, 0.15) is 10.7 Å². The SMILES string of the molecule is O=S(=O)(c1ccc2nc(-c3csc(-c4ccccn4)n3)[nH]c2c1)C(F)(F)F. The van der Waals surface area contributed by atoms with Gasteiger partial charge in [0, 0.05) is 11.6 Å². The number of hydrogen-bond acceptors (Lipinski definition) is 6. The van der Waals surface area contributed by atoms with Gasteiger partial charge in [-0.1, -0.05) is 6.07 Å². The van der Waals surface area contributed by atoms with Gasteiger partial charge in [-0.15, -0.1) is 11.3 Å². The number of nitrogens with zero attached hydrogens (tertiary/aromatic N) is 3. The predicted octanol–water partition coefficient (Wildman–Crippen LogP) is 4.04. The average molecular weight is 410 g/mol. The number of rotatable bonds is 3. The predicted molar refractivity (Wildman–Crippen MR) is 93.7 cm³/mol. The van der Waals surface area contributed by atoms with Crippen LogP contribution in [0.5, 0.6) is 0 Å². The maximum Gasteiger partial charge on any atom is 0.501 e. The first-order chi connectivity index (χ1) is 12.8. The molecule has 6 nitrogen and oxygen atoms in total. The molecule has 0 aliphatic heterocycles. The molecule has 3 heterocycles. The summed E-state index contributed by atoms with van der Waals surface area (Å²) in [6.07, 6.45) is 1.64. The fraction of sp³-hybridized carbons (Fsp3) is 0.0625. The van der Waals surface area contributed by atoms with Crippen LogP contribution in [0.3, 0.4) is 0 Å². The van der Waals surface area contributed by atoms with Gasteiger partial charge in [-0.05, 0) is 30.3 Å². The van der Waals surface area contributed by atoms with Crippen LogP contribution < -0.4 is 0 Å². The molecule has 0 aliphatic rings. The van der Waals surface area contributed by atoms with E-state index in [9.17, 15) is 21.6 Å². The lowest BCUT2D eigenvalue weighted by molar-refractivity contribution is -0.0435. The molecule has 0 atom stereocenters. The Balaban J connectivity index is 1.74. The monoisotopic (exact) mass is 410 g/mol. The summed E-state index contributed by atoms with van der Waals surface area (Å²) in [5.41, 5.74) is -3.70. The minimum absolute atomic E-state index is 0.169. The molecule has 4 aromatic rings. The third-order valence-corrected chi connectivity index (χ3v) is 6.05. The molecule has 138 valence electrons. The number of imidazole rings is 1. The van der Waals surface area contributed by atoms with Crippen molar-refractivity contribution < 1.29 is 21.6 Å². The zero-order valence-electron chi connectivity index (χ0n) is 13.2. The molecule has 0 saturated heterocycles. The van der Waals surface area contributed by atoms with Crippen LogP contribution >= 0.6 is 11.3 Å². The lowest BCUT2D eigenvalue weighted by Gasteiger charge is -2.07. The highest BCUT2D eigenvalue weighted by Crippen LogP contribution is 2.32. The van der Waals surface area contributed by atoms with E-state index in [1.165, 1.54) is 17.4 Å². The standard InChI is InChI=1S/C16H9F3N4O2S2/c17-16(18,19)27(24,25)9-4-5-10-12(7-9)22-14(21-10)13-8-26-15(23-13)11-3-1-2-6-20-11/h1-8H,(H,21,22). The summed E-state index contributed by atoms with van der Waals surface area (Å²) < 4.78 is 61.3. The van der Waals surface area contributed by atoms with Crippen LogP contribution in [-0.2, 0) is 9.84 Å². The van der Waals surface area contributed by atoms with Gasteiger partial charge in [0.2, 0.25) is 0 Å². The lowest BCUT2D eigenvalue weighted by atomic mass is 10.3. The fourth-order valence-corrected chi connectivity index (χ4v) is 3.97. The van der Waals surface area contributed by atoms with Crippen molar-refractivity contribution in [2.24, 2.45) is 0 Å². The second-order valence-corrected chi connectivity index (χ2v) is 8.27. The van der Waals surface area contributed by atoms with E-state index >= 15 is 0 Å². The average Bonchev–Trinajstić information content (AvgIpc) is 3.27. The molecular formula is C16H9F3N4O2S2. The van der Waals surface area contributed by atoms with Crippen LogP contribution in [0, 0.1) is 0 Å². The van der Waals surface area contributed by atoms with Gasteiger partial charge in [0.15, 0.2) is 5.82 Å². The molecule has 0 spiro atoms. The third kappa shape index (κ3) is 3.08. The van der Waals surface area contributed by atoms with Crippen molar-refractivity contribution >= 4 is 32.2 Å². The molecule has 0 bridgehead atoms. The third-order valence-electron chi connectivity index (χ3n) is 3.70. The molecule has 1 N–H and O–H groups in total. The van der Waals surface area contributed by atoms with Gasteiger partial charge in [0.25, 0.3) is 9.84 Å². The highest BCUT2D eigenvalue weighted by molar-refractivity contribution is 7.92. The minimum Gasteiger partial charge on any atom is -0.337 e. The van der Waals surface area contributed by atoms with Crippen molar-refractivity contribution in [3.63, 3.8) is 0 Å². The second kappa shape index (κ2) is 6.13. The Morgan fingerprint density at radius 1 is 1.04 bits per heavy atom. The van der Waals surface area contributed by atoms with Crippen molar-refractivity contribution in [2.75, 3.05) is 0 Å². The smallest absolute Gasteiger partial charge is 0.337 e. The molecule has 0 fully saturated rings. The summed E-state index contributed by atoms with van der Waals surface area (Å²) in [6.45, 7) is 0. The first-order valence-corrected chi connectivity index (χ1v) is 9.80. The molecule has 0 amide bonds. The van der Waals surface area contributed by atoms with Crippen LogP contribution in [0.1, 0.15) is 0 Å². The number of halogens is 3. The normalized spacial score (nSPS) is 12.6. The highest BCUT2D eigenvalue weighted by atomic mass is 32.2. The summed E-state index contributed by atoms with van der Waals surface area (Å²) in [5, 5.41) is 2.39. The summed E-state index contributed by atoms with van der Waals surface area (Å²) in [7, 11) is -5.42. The summed E-state index contributed by atoms with van der Waals surface area (Å²) in [4.78, 5) is 14.9. The number of alkyl halides is 3. The minimum atomic E-state index is -5.42. The number of sulfone groups is 1. The van der Waals surface area contributed by atoms with Gasteiger partial charge >= 0.3 is 5.51 Å². The number of fused-ring (bicyclic) bond motifs is 1. The molecule has 0 unspecified atom stereocenters. The Labute approximate surface area is 154 Å². The van der Waals surface area contributed by atoms with E-state index in [4.69, 9.17) is 0 Å². The number of aromatic nitrogens is 4. The molecule has 0 saturated carbocycles. The van der Waals surface area contributed by atoms with Crippen molar-refractivity contribution in [1.82, 2.24) is 19.9 Å². The van der Waals surface area contributed by atoms with Crippen molar-refractivity contribution in [3.05, 3.63) is 48.0 Å². The molecule has 0 aliphatic carbocycles. The number of nitrogens with one attached hydrogen (secondary N) is 1. The number of pyridine rings is 1. The Bertz CT molecular complexity index is 1230. The molecule has 4 rings (SSSR count). The maximum absolute atomic E-state index is 12.7. The molecule has 0 radical (unpaired) electrons. The van der Waals surface area contributed by atoms with Gasteiger partial charge in [-0.2, -0.15) is 13.2 Å². The molecule has 1 aromatic carbocycles. The summed E-state index contributed by atoms with van der Waals surface area (Å²) in [6, 6.07) is 8.43. The van der Waals surface area contributed by atoms with E-state index in [0.717, 1.165) is 12.1 Å². The van der Waals surface area contributed by atoms with Gasteiger partial charge in [-0.3, -0.25) is 4.98 Å². The number of hydrogen-bond donors (Lipinski definition) is 1. The Hall–Kier alpha value is -2.79. The second-order valence-electron chi connectivity index (χ2n) is 5.47. The fourth-order valence-electron chi connectivity index (χ4n) is 2.40. The molecule has 27 heavy (non-hydrogen) atoms. The first kappa shape index (κ1) is 17.6.